The molecule has 2 heterocycles. The summed E-state index contributed by atoms with van der Waals surface area (Å²) in [6.07, 6.45) is 2.40. The molecule has 0 unspecified atom stereocenters. The lowest BCUT2D eigenvalue weighted by Crippen LogP contribution is -2.19. The SMILES string of the molecule is O=c1[nH]c(-c2ccc(Br)cc2N2CCCC2)nc2ccccc12. The van der Waals surface area contributed by atoms with Crippen molar-refractivity contribution in [1.82, 2.24) is 9.97 Å². The van der Waals surface area contributed by atoms with Crippen molar-refractivity contribution < 1.29 is 0 Å². The van der Waals surface area contributed by atoms with Gasteiger partial charge in [0.1, 0.15) is 5.82 Å². The first-order valence-corrected chi connectivity index (χ1v) is 8.55. The van der Waals surface area contributed by atoms with Gasteiger partial charge in [0.05, 0.1) is 10.9 Å². The minimum absolute atomic E-state index is 0.0964. The molecule has 4 nitrogen and oxygen atoms in total. The van der Waals surface area contributed by atoms with Gasteiger partial charge in [0.15, 0.2) is 0 Å². The van der Waals surface area contributed by atoms with E-state index in [0.717, 1.165) is 34.3 Å². The predicted octanol–water partition coefficient (Wildman–Crippen LogP) is 3.95. The Labute approximate surface area is 142 Å². The van der Waals surface area contributed by atoms with E-state index in [1.54, 1.807) is 6.07 Å². The van der Waals surface area contributed by atoms with Crippen LogP contribution in [-0.2, 0) is 0 Å². The highest BCUT2D eigenvalue weighted by atomic mass is 79.9. The molecule has 0 spiro atoms. The molecule has 0 bridgehead atoms. The van der Waals surface area contributed by atoms with Gasteiger partial charge < -0.3 is 9.88 Å². The summed E-state index contributed by atoms with van der Waals surface area (Å²) < 4.78 is 1.03. The number of aromatic amines is 1. The molecular weight excluding hydrogens is 354 g/mol. The Kier molecular flexibility index (Phi) is 3.65. The molecule has 5 heteroatoms. The second-order valence-corrected chi connectivity index (χ2v) is 6.70. The van der Waals surface area contributed by atoms with E-state index < -0.39 is 0 Å². The first-order chi connectivity index (χ1) is 11.2. The van der Waals surface area contributed by atoms with Crippen molar-refractivity contribution >= 4 is 32.5 Å². The lowest BCUT2D eigenvalue weighted by atomic mass is 10.1. The van der Waals surface area contributed by atoms with E-state index in [9.17, 15) is 4.79 Å². The first-order valence-electron chi connectivity index (χ1n) is 7.76. The van der Waals surface area contributed by atoms with Gasteiger partial charge in [-0.2, -0.15) is 0 Å². The van der Waals surface area contributed by atoms with Crippen LogP contribution in [0.4, 0.5) is 5.69 Å². The highest BCUT2D eigenvalue weighted by Gasteiger charge is 2.18. The summed E-state index contributed by atoms with van der Waals surface area (Å²) in [7, 11) is 0. The van der Waals surface area contributed by atoms with E-state index in [-0.39, 0.29) is 5.56 Å². The number of aromatic nitrogens is 2. The van der Waals surface area contributed by atoms with E-state index in [1.807, 2.05) is 30.3 Å². The summed E-state index contributed by atoms with van der Waals surface area (Å²) in [4.78, 5) is 22.3. The topological polar surface area (TPSA) is 49.0 Å². The summed E-state index contributed by atoms with van der Waals surface area (Å²) in [6, 6.07) is 13.6. The number of para-hydroxylation sites is 1. The van der Waals surface area contributed by atoms with E-state index in [0.29, 0.717) is 11.2 Å². The predicted molar refractivity (Wildman–Crippen MR) is 96.9 cm³/mol. The zero-order valence-electron chi connectivity index (χ0n) is 12.6. The lowest BCUT2D eigenvalue weighted by Gasteiger charge is -2.21. The number of fused-ring (bicyclic) bond motifs is 1. The number of nitrogens with one attached hydrogen (secondary N) is 1. The molecule has 1 aromatic heterocycles. The van der Waals surface area contributed by atoms with Crippen LogP contribution in [0.1, 0.15) is 12.8 Å². The Hall–Kier alpha value is -2.14. The largest absolute Gasteiger partial charge is 0.371 e. The fraction of sp³-hybridized carbons (Fsp3) is 0.222. The molecule has 3 aromatic rings. The molecule has 1 aliphatic rings. The number of halogens is 1. The standard InChI is InChI=1S/C18H16BrN3O/c19-12-7-8-14(16(11-12)22-9-3-4-10-22)17-20-15-6-2-1-5-13(15)18(23)21-17/h1-2,5-8,11H,3-4,9-10H2,(H,20,21,23). The molecule has 1 N–H and O–H groups in total. The number of rotatable bonds is 2. The number of hydrogen-bond donors (Lipinski definition) is 1. The molecule has 1 fully saturated rings. The van der Waals surface area contributed by atoms with Crippen molar-refractivity contribution in [2.45, 2.75) is 12.8 Å². The van der Waals surface area contributed by atoms with Crippen LogP contribution < -0.4 is 10.5 Å². The Bertz CT molecular complexity index is 929. The van der Waals surface area contributed by atoms with Crippen molar-refractivity contribution in [3.63, 3.8) is 0 Å². The van der Waals surface area contributed by atoms with E-state index >= 15 is 0 Å². The molecule has 1 saturated heterocycles. The molecule has 0 aliphatic carbocycles. The fourth-order valence-electron chi connectivity index (χ4n) is 3.14. The van der Waals surface area contributed by atoms with Crippen LogP contribution >= 0.6 is 15.9 Å². The molecule has 0 radical (unpaired) electrons. The van der Waals surface area contributed by atoms with Gasteiger partial charge in [-0.15, -0.1) is 0 Å². The van der Waals surface area contributed by atoms with Crippen LogP contribution in [0.3, 0.4) is 0 Å². The van der Waals surface area contributed by atoms with Crippen molar-refractivity contribution in [2.75, 3.05) is 18.0 Å². The van der Waals surface area contributed by atoms with Crippen molar-refractivity contribution in [3.05, 3.63) is 57.3 Å². The number of H-pyrrole nitrogens is 1. The smallest absolute Gasteiger partial charge is 0.259 e. The van der Waals surface area contributed by atoms with Crippen molar-refractivity contribution in [1.29, 1.82) is 0 Å². The van der Waals surface area contributed by atoms with E-state index in [2.05, 4.69) is 36.9 Å². The maximum Gasteiger partial charge on any atom is 0.259 e. The lowest BCUT2D eigenvalue weighted by molar-refractivity contribution is 0.949. The fourth-order valence-corrected chi connectivity index (χ4v) is 3.49. The normalized spacial score (nSPS) is 14.6. The molecule has 116 valence electrons. The average Bonchev–Trinajstić information content (AvgIpc) is 3.09. The number of benzene rings is 2. The summed E-state index contributed by atoms with van der Waals surface area (Å²) >= 11 is 3.55. The van der Waals surface area contributed by atoms with Crippen LogP contribution in [0, 0.1) is 0 Å². The summed E-state index contributed by atoms with van der Waals surface area (Å²) in [5.41, 5.74) is 2.72. The van der Waals surface area contributed by atoms with Gasteiger partial charge in [0.25, 0.3) is 5.56 Å². The second-order valence-electron chi connectivity index (χ2n) is 5.79. The Morgan fingerprint density at radius 1 is 1.09 bits per heavy atom. The summed E-state index contributed by atoms with van der Waals surface area (Å²) in [6.45, 7) is 2.09. The summed E-state index contributed by atoms with van der Waals surface area (Å²) in [5.74, 6) is 0.628. The van der Waals surface area contributed by atoms with Crippen molar-refractivity contribution in [3.8, 4) is 11.4 Å². The molecule has 0 amide bonds. The zero-order valence-corrected chi connectivity index (χ0v) is 14.1. The van der Waals surface area contributed by atoms with Crippen LogP contribution in [0.15, 0.2) is 51.7 Å². The molecule has 0 saturated carbocycles. The monoisotopic (exact) mass is 369 g/mol. The second kappa shape index (κ2) is 5.81. The van der Waals surface area contributed by atoms with Gasteiger partial charge in [-0.3, -0.25) is 4.79 Å². The number of anilines is 1. The van der Waals surface area contributed by atoms with Gasteiger partial charge in [-0.05, 0) is 43.2 Å². The third-order valence-corrected chi connectivity index (χ3v) is 4.77. The summed E-state index contributed by atoms with van der Waals surface area (Å²) in [5, 5.41) is 0.621. The van der Waals surface area contributed by atoms with Gasteiger partial charge in [-0.1, -0.05) is 28.1 Å². The minimum Gasteiger partial charge on any atom is -0.371 e. The Balaban J connectivity index is 1.92. The number of nitrogens with zero attached hydrogens (tertiary/aromatic N) is 2. The van der Waals surface area contributed by atoms with Crippen LogP contribution in [0.5, 0.6) is 0 Å². The maximum atomic E-state index is 12.4. The highest BCUT2D eigenvalue weighted by molar-refractivity contribution is 9.10. The molecular formula is C18H16BrN3O. The zero-order chi connectivity index (χ0) is 15.8. The quantitative estimate of drug-likeness (QED) is 0.743. The Morgan fingerprint density at radius 3 is 2.70 bits per heavy atom. The van der Waals surface area contributed by atoms with Crippen molar-refractivity contribution in [2.24, 2.45) is 0 Å². The number of hydrogen-bond acceptors (Lipinski definition) is 3. The van der Waals surface area contributed by atoms with Gasteiger partial charge in [-0.25, -0.2) is 4.98 Å². The molecule has 4 rings (SSSR count). The van der Waals surface area contributed by atoms with Crippen LogP contribution in [0.2, 0.25) is 0 Å². The molecule has 1 aliphatic heterocycles. The minimum atomic E-state index is -0.0964. The third kappa shape index (κ3) is 2.65. The maximum absolute atomic E-state index is 12.4. The van der Waals surface area contributed by atoms with E-state index in [1.165, 1.54) is 12.8 Å². The Morgan fingerprint density at radius 2 is 1.87 bits per heavy atom. The molecule has 0 atom stereocenters. The van der Waals surface area contributed by atoms with E-state index in [4.69, 9.17) is 0 Å². The van der Waals surface area contributed by atoms with Gasteiger partial charge in [0.2, 0.25) is 0 Å². The van der Waals surface area contributed by atoms with Crippen LogP contribution in [-0.4, -0.2) is 23.1 Å². The highest BCUT2D eigenvalue weighted by Crippen LogP contribution is 2.33. The molecule has 23 heavy (non-hydrogen) atoms. The third-order valence-electron chi connectivity index (χ3n) is 4.27. The van der Waals surface area contributed by atoms with Crippen LogP contribution in [0.25, 0.3) is 22.3 Å². The average molecular weight is 370 g/mol. The first kappa shape index (κ1) is 14.5. The molecule has 2 aromatic carbocycles. The van der Waals surface area contributed by atoms with Gasteiger partial charge in [0, 0.05) is 28.8 Å². The van der Waals surface area contributed by atoms with Gasteiger partial charge >= 0.3 is 0 Å².